The van der Waals surface area contributed by atoms with Crippen molar-refractivity contribution in [1.82, 2.24) is 0 Å². The molecule has 1 aromatic rings. The first kappa shape index (κ1) is 14.0. The van der Waals surface area contributed by atoms with Gasteiger partial charge in [0.15, 0.2) is 0 Å². The Labute approximate surface area is 106 Å². The molecule has 0 fully saturated rings. The highest BCUT2D eigenvalue weighted by molar-refractivity contribution is 5.97. The van der Waals surface area contributed by atoms with E-state index in [1.54, 1.807) is 26.0 Å². The van der Waals surface area contributed by atoms with Crippen molar-refractivity contribution in [3.05, 3.63) is 29.3 Å². The molecule has 5 nitrogen and oxygen atoms in total. The number of rotatable bonds is 5. The Balaban J connectivity index is 3.09. The van der Waals surface area contributed by atoms with Crippen molar-refractivity contribution in [2.75, 3.05) is 20.3 Å². The number of hydrogen-bond donors (Lipinski definition) is 0. The molecule has 0 aliphatic rings. The summed E-state index contributed by atoms with van der Waals surface area (Å²) < 4.78 is 14.8. The molecule has 18 heavy (non-hydrogen) atoms. The standard InChI is InChI=1S/C13H16O5/c1-4-17-12(14)9-6-7-11(16-3)10(8-9)13(15)18-5-2/h6-8H,4-5H2,1-3H3. The van der Waals surface area contributed by atoms with E-state index in [1.165, 1.54) is 13.2 Å². The molecule has 0 atom stereocenters. The number of ether oxygens (including phenoxy) is 3. The zero-order valence-corrected chi connectivity index (χ0v) is 10.7. The Morgan fingerprint density at radius 3 is 2.22 bits per heavy atom. The van der Waals surface area contributed by atoms with Crippen LogP contribution in [0.25, 0.3) is 0 Å². The summed E-state index contributed by atoms with van der Waals surface area (Å²) in [7, 11) is 1.45. The molecule has 98 valence electrons. The molecule has 0 radical (unpaired) electrons. The highest BCUT2D eigenvalue weighted by Crippen LogP contribution is 2.21. The zero-order valence-electron chi connectivity index (χ0n) is 10.7. The second kappa shape index (κ2) is 6.64. The lowest BCUT2D eigenvalue weighted by molar-refractivity contribution is 0.0522. The smallest absolute Gasteiger partial charge is 0.341 e. The van der Waals surface area contributed by atoms with Gasteiger partial charge in [0.1, 0.15) is 11.3 Å². The fourth-order valence-electron chi connectivity index (χ4n) is 1.42. The van der Waals surface area contributed by atoms with E-state index in [0.717, 1.165) is 0 Å². The summed E-state index contributed by atoms with van der Waals surface area (Å²) >= 11 is 0. The number of carbonyl (C=O) groups is 2. The first-order valence-corrected chi connectivity index (χ1v) is 5.66. The minimum atomic E-state index is -0.527. The van der Waals surface area contributed by atoms with Gasteiger partial charge < -0.3 is 14.2 Å². The molecule has 0 aromatic heterocycles. The molecule has 0 spiro atoms. The zero-order chi connectivity index (χ0) is 13.5. The first-order chi connectivity index (χ1) is 8.63. The number of carbonyl (C=O) groups excluding carboxylic acids is 2. The monoisotopic (exact) mass is 252 g/mol. The van der Waals surface area contributed by atoms with Crippen LogP contribution < -0.4 is 4.74 Å². The van der Waals surface area contributed by atoms with Crippen LogP contribution in [-0.2, 0) is 9.47 Å². The largest absolute Gasteiger partial charge is 0.496 e. The molecule has 0 saturated heterocycles. The van der Waals surface area contributed by atoms with Crippen LogP contribution in [0.5, 0.6) is 5.75 Å². The van der Waals surface area contributed by atoms with Gasteiger partial charge in [-0.25, -0.2) is 9.59 Å². The van der Waals surface area contributed by atoms with Gasteiger partial charge in [-0.3, -0.25) is 0 Å². The van der Waals surface area contributed by atoms with Crippen molar-refractivity contribution < 1.29 is 23.8 Å². The van der Waals surface area contributed by atoms with Crippen molar-refractivity contribution in [3.8, 4) is 5.75 Å². The molecular formula is C13H16O5. The van der Waals surface area contributed by atoms with Gasteiger partial charge >= 0.3 is 11.9 Å². The maximum absolute atomic E-state index is 11.7. The summed E-state index contributed by atoms with van der Waals surface area (Å²) in [5, 5.41) is 0. The van der Waals surface area contributed by atoms with Gasteiger partial charge in [-0.1, -0.05) is 0 Å². The number of esters is 2. The lowest BCUT2D eigenvalue weighted by Gasteiger charge is -2.09. The molecule has 0 aliphatic carbocycles. The van der Waals surface area contributed by atoms with Crippen LogP contribution in [0.2, 0.25) is 0 Å². The highest BCUT2D eigenvalue weighted by atomic mass is 16.5. The lowest BCUT2D eigenvalue weighted by atomic mass is 10.1. The molecule has 1 rings (SSSR count). The Morgan fingerprint density at radius 1 is 1.06 bits per heavy atom. The SMILES string of the molecule is CCOC(=O)c1ccc(OC)c(C(=O)OCC)c1. The molecule has 0 unspecified atom stereocenters. The third-order valence-corrected chi connectivity index (χ3v) is 2.21. The van der Waals surface area contributed by atoms with Gasteiger partial charge in [-0.15, -0.1) is 0 Å². The lowest BCUT2D eigenvalue weighted by Crippen LogP contribution is -2.10. The van der Waals surface area contributed by atoms with Gasteiger partial charge in [0.2, 0.25) is 0 Å². The minimum absolute atomic E-state index is 0.213. The van der Waals surface area contributed by atoms with Crippen LogP contribution >= 0.6 is 0 Å². The Morgan fingerprint density at radius 2 is 1.67 bits per heavy atom. The molecule has 0 bridgehead atoms. The van der Waals surface area contributed by atoms with E-state index in [1.807, 2.05) is 0 Å². The van der Waals surface area contributed by atoms with Crippen LogP contribution in [-0.4, -0.2) is 32.3 Å². The quantitative estimate of drug-likeness (QED) is 0.750. The second-order valence-corrected chi connectivity index (χ2v) is 3.36. The van der Waals surface area contributed by atoms with Gasteiger partial charge in [-0.05, 0) is 32.0 Å². The van der Waals surface area contributed by atoms with Crippen molar-refractivity contribution in [1.29, 1.82) is 0 Å². The molecule has 0 heterocycles. The van der Waals surface area contributed by atoms with Crippen molar-refractivity contribution in [2.45, 2.75) is 13.8 Å². The predicted octanol–water partition coefficient (Wildman–Crippen LogP) is 2.05. The maximum Gasteiger partial charge on any atom is 0.341 e. The maximum atomic E-state index is 11.7. The van der Waals surface area contributed by atoms with Gasteiger partial charge in [0.25, 0.3) is 0 Å². The number of methoxy groups -OCH3 is 1. The average molecular weight is 252 g/mol. The van der Waals surface area contributed by atoms with E-state index in [9.17, 15) is 9.59 Å². The third-order valence-electron chi connectivity index (χ3n) is 2.21. The molecule has 0 aliphatic heterocycles. The van der Waals surface area contributed by atoms with Gasteiger partial charge in [-0.2, -0.15) is 0 Å². The topological polar surface area (TPSA) is 61.8 Å². The van der Waals surface area contributed by atoms with E-state index >= 15 is 0 Å². The third kappa shape index (κ3) is 3.23. The van der Waals surface area contributed by atoms with Crippen molar-refractivity contribution in [3.63, 3.8) is 0 Å². The summed E-state index contributed by atoms with van der Waals surface area (Å²) in [6, 6.07) is 4.49. The van der Waals surface area contributed by atoms with Crippen LogP contribution in [0.15, 0.2) is 18.2 Å². The van der Waals surface area contributed by atoms with Crippen LogP contribution in [0, 0.1) is 0 Å². The van der Waals surface area contributed by atoms with E-state index in [0.29, 0.717) is 11.3 Å². The fraction of sp³-hybridized carbons (Fsp3) is 0.385. The predicted molar refractivity (Wildman–Crippen MR) is 64.9 cm³/mol. The van der Waals surface area contributed by atoms with Crippen LogP contribution in [0.4, 0.5) is 0 Å². The summed E-state index contributed by atoms with van der Waals surface area (Å²) in [5.74, 6) is -0.646. The Kier molecular flexibility index (Phi) is 5.17. The van der Waals surface area contributed by atoms with Gasteiger partial charge in [0.05, 0.1) is 25.9 Å². The molecular weight excluding hydrogens is 236 g/mol. The van der Waals surface area contributed by atoms with Crippen LogP contribution in [0.3, 0.4) is 0 Å². The first-order valence-electron chi connectivity index (χ1n) is 5.66. The summed E-state index contributed by atoms with van der Waals surface area (Å²) in [6.45, 7) is 3.96. The molecule has 5 heteroatoms. The summed E-state index contributed by atoms with van der Waals surface area (Å²) in [5.41, 5.74) is 0.505. The number of hydrogen-bond acceptors (Lipinski definition) is 5. The Bertz CT molecular complexity index is 439. The molecule has 0 amide bonds. The highest BCUT2D eigenvalue weighted by Gasteiger charge is 2.17. The van der Waals surface area contributed by atoms with Crippen molar-refractivity contribution >= 4 is 11.9 Å². The average Bonchev–Trinajstić information content (AvgIpc) is 2.38. The van der Waals surface area contributed by atoms with E-state index < -0.39 is 11.9 Å². The van der Waals surface area contributed by atoms with E-state index in [-0.39, 0.29) is 18.8 Å². The van der Waals surface area contributed by atoms with E-state index in [2.05, 4.69) is 0 Å². The molecule has 0 saturated carbocycles. The summed E-state index contributed by atoms with van der Waals surface area (Å²) in [4.78, 5) is 23.3. The second-order valence-electron chi connectivity index (χ2n) is 3.36. The van der Waals surface area contributed by atoms with Crippen LogP contribution in [0.1, 0.15) is 34.6 Å². The normalized spacial score (nSPS) is 9.72. The van der Waals surface area contributed by atoms with Crippen molar-refractivity contribution in [2.24, 2.45) is 0 Å². The number of benzene rings is 1. The van der Waals surface area contributed by atoms with Gasteiger partial charge in [0, 0.05) is 0 Å². The van der Waals surface area contributed by atoms with E-state index in [4.69, 9.17) is 14.2 Å². The summed E-state index contributed by atoms with van der Waals surface area (Å²) in [6.07, 6.45) is 0. The molecule has 1 aromatic carbocycles. The minimum Gasteiger partial charge on any atom is -0.496 e. The fourth-order valence-corrected chi connectivity index (χ4v) is 1.42. The molecule has 0 N–H and O–H groups in total. The Hall–Kier alpha value is -2.04.